The zero-order valence-electron chi connectivity index (χ0n) is 32.7. The minimum absolute atomic E-state index is 0.141. The Bertz CT molecular complexity index is 876. The Kier molecular flexibility index (Phi) is 36.4. The lowest BCUT2D eigenvalue weighted by Crippen LogP contribution is -2.25. The molecule has 0 heterocycles. The van der Waals surface area contributed by atoms with Gasteiger partial charge in [-0.1, -0.05) is 166 Å². The van der Waals surface area contributed by atoms with Gasteiger partial charge in [0, 0.05) is 12.8 Å². The van der Waals surface area contributed by atoms with Crippen molar-refractivity contribution in [2.24, 2.45) is 5.92 Å². The zero-order chi connectivity index (χ0) is 36.8. The number of aliphatic hydroxyl groups is 2. The third kappa shape index (κ3) is 37.1. The van der Waals surface area contributed by atoms with Gasteiger partial charge in [-0.05, 0) is 63.7 Å². The van der Waals surface area contributed by atoms with Crippen LogP contribution in [-0.4, -0.2) is 47.6 Å². The van der Waals surface area contributed by atoms with Crippen LogP contribution in [0.4, 0.5) is 0 Å². The Morgan fingerprint density at radius 1 is 0.480 bits per heavy atom. The number of carbonyl (C=O) groups excluding carboxylic acids is 2. The quantitative estimate of drug-likeness (QED) is 0.0383. The van der Waals surface area contributed by atoms with Gasteiger partial charge in [0.15, 0.2) is 0 Å². The predicted octanol–water partition coefficient (Wildman–Crippen LogP) is 11.8. The fraction of sp³-hybridized carbons (Fsp3) is 0.773. The highest BCUT2D eigenvalue weighted by Crippen LogP contribution is 2.16. The van der Waals surface area contributed by atoms with Crippen molar-refractivity contribution in [3.63, 3.8) is 0 Å². The first kappa shape index (κ1) is 47.8. The van der Waals surface area contributed by atoms with Crippen molar-refractivity contribution in [3.05, 3.63) is 48.6 Å². The van der Waals surface area contributed by atoms with E-state index in [4.69, 9.17) is 9.47 Å². The first-order valence-corrected chi connectivity index (χ1v) is 20.7. The molecule has 50 heavy (non-hydrogen) atoms. The first-order valence-electron chi connectivity index (χ1n) is 20.7. The summed E-state index contributed by atoms with van der Waals surface area (Å²) in [6.45, 7) is 6.36. The fourth-order valence-electron chi connectivity index (χ4n) is 5.56. The average Bonchev–Trinajstić information content (AvgIpc) is 3.12. The molecular formula is C44H78O6. The maximum absolute atomic E-state index is 12.0. The second-order valence-corrected chi connectivity index (χ2v) is 14.1. The van der Waals surface area contributed by atoms with E-state index in [2.05, 4.69) is 62.5 Å². The smallest absolute Gasteiger partial charge is 0.305 e. The van der Waals surface area contributed by atoms with Crippen LogP contribution in [0.5, 0.6) is 0 Å². The Balaban J connectivity index is 3.53. The molecule has 0 aliphatic rings. The third-order valence-electron chi connectivity index (χ3n) is 9.27. The molecular weight excluding hydrogens is 624 g/mol. The van der Waals surface area contributed by atoms with Crippen LogP contribution in [0.3, 0.4) is 0 Å². The summed E-state index contributed by atoms with van der Waals surface area (Å²) >= 11 is 0. The number of hydrogen-bond donors (Lipinski definition) is 2. The van der Waals surface area contributed by atoms with Crippen LogP contribution in [0, 0.1) is 5.92 Å². The van der Waals surface area contributed by atoms with E-state index in [1.54, 1.807) is 0 Å². The Morgan fingerprint density at radius 3 is 1.34 bits per heavy atom. The molecule has 0 rings (SSSR count). The first-order chi connectivity index (χ1) is 24.4. The number of aliphatic hydroxyl groups excluding tert-OH is 2. The number of ether oxygens (including phenoxy) is 2. The van der Waals surface area contributed by atoms with Crippen LogP contribution in [0.25, 0.3) is 0 Å². The number of rotatable bonds is 36. The van der Waals surface area contributed by atoms with E-state index in [9.17, 15) is 19.8 Å². The Morgan fingerprint density at radius 2 is 0.880 bits per heavy atom. The maximum Gasteiger partial charge on any atom is 0.305 e. The van der Waals surface area contributed by atoms with Gasteiger partial charge in [0.25, 0.3) is 0 Å². The van der Waals surface area contributed by atoms with Gasteiger partial charge in [0.1, 0.15) is 19.3 Å². The molecule has 0 aromatic heterocycles. The molecule has 0 aliphatic carbocycles. The summed E-state index contributed by atoms with van der Waals surface area (Å²) in [6.07, 6.45) is 43.9. The van der Waals surface area contributed by atoms with Gasteiger partial charge >= 0.3 is 11.9 Å². The molecule has 0 aromatic carbocycles. The van der Waals surface area contributed by atoms with Gasteiger partial charge in [-0.3, -0.25) is 9.59 Å². The lowest BCUT2D eigenvalue weighted by Gasteiger charge is -2.12. The van der Waals surface area contributed by atoms with Crippen LogP contribution >= 0.6 is 0 Å². The summed E-state index contributed by atoms with van der Waals surface area (Å²) in [7, 11) is 0. The van der Waals surface area contributed by atoms with Gasteiger partial charge in [0.05, 0.1) is 6.10 Å². The molecule has 3 atom stereocenters. The maximum atomic E-state index is 12.0. The summed E-state index contributed by atoms with van der Waals surface area (Å²) in [5, 5.41) is 19.5. The topological polar surface area (TPSA) is 93.1 Å². The molecule has 290 valence electrons. The Labute approximate surface area is 308 Å². The van der Waals surface area contributed by atoms with Gasteiger partial charge in [-0.2, -0.15) is 0 Å². The summed E-state index contributed by atoms with van der Waals surface area (Å²) < 4.78 is 10.3. The highest BCUT2D eigenvalue weighted by atomic mass is 16.6. The molecule has 6 nitrogen and oxygen atoms in total. The normalized spacial score (nSPS) is 13.9. The average molecular weight is 703 g/mol. The largest absolute Gasteiger partial charge is 0.463 e. The molecule has 0 amide bonds. The summed E-state index contributed by atoms with van der Waals surface area (Å²) in [5.74, 6) is 0.253. The lowest BCUT2D eigenvalue weighted by atomic mass is 9.99. The molecule has 6 heteroatoms. The molecule has 0 aliphatic heterocycles. The molecule has 0 spiro atoms. The SMILES string of the molecule is CCC(C)CCCCCCCCCCCCCCCCC(=O)OC[C@H](O)COC(=O)CCC/C=C\C/C=C\C/C=C\C/C=C\CC[C@@H](O)CC. The van der Waals surface area contributed by atoms with E-state index in [0.717, 1.165) is 70.1 Å². The van der Waals surface area contributed by atoms with Crippen LogP contribution in [0.1, 0.15) is 188 Å². The number of hydrogen-bond acceptors (Lipinski definition) is 6. The van der Waals surface area contributed by atoms with Crippen LogP contribution in [0.2, 0.25) is 0 Å². The predicted molar refractivity (Wildman–Crippen MR) is 211 cm³/mol. The standard InChI is InChI=1S/C44H78O6/c1-4-40(3)34-30-26-22-18-14-10-6-8-12-16-20-24-28-32-36-43(47)49-38-42(46)39-50-44(48)37-33-29-25-21-17-13-9-7-11-15-19-23-27-31-35-41(45)5-2/h9,11,13,15,21,23,25,27,40-42,45-46H,4-8,10,12,14,16-20,22,24,26,28-39H2,1-3H3/b13-9-,15-11-,25-21-,27-23-/t40?,41-,42-/m0/s1. The minimum Gasteiger partial charge on any atom is -0.463 e. The van der Waals surface area contributed by atoms with Crippen molar-refractivity contribution >= 4 is 11.9 Å². The van der Waals surface area contributed by atoms with Gasteiger partial charge in [0.2, 0.25) is 0 Å². The van der Waals surface area contributed by atoms with E-state index in [0.29, 0.717) is 19.3 Å². The molecule has 0 bridgehead atoms. The second kappa shape index (κ2) is 38.1. The monoisotopic (exact) mass is 703 g/mol. The van der Waals surface area contributed by atoms with Crippen molar-refractivity contribution < 1.29 is 29.3 Å². The molecule has 0 saturated heterocycles. The van der Waals surface area contributed by atoms with Crippen molar-refractivity contribution in [1.82, 2.24) is 0 Å². The lowest BCUT2D eigenvalue weighted by molar-refractivity contribution is -0.152. The van der Waals surface area contributed by atoms with E-state index in [1.165, 1.54) is 83.5 Å². The van der Waals surface area contributed by atoms with E-state index >= 15 is 0 Å². The van der Waals surface area contributed by atoms with E-state index < -0.39 is 6.10 Å². The highest BCUT2D eigenvalue weighted by molar-refractivity contribution is 5.69. The van der Waals surface area contributed by atoms with Gasteiger partial charge in [-0.25, -0.2) is 0 Å². The van der Waals surface area contributed by atoms with Gasteiger partial charge in [-0.15, -0.1) is 0 Å². The van der Waals surface area contributed by atoms with Crippen molar-refractivity contribution in [1.29, 1.82) is 0 Å². The Hall–Kier alpha value is -2.18. The highest BCUT2D eigenvalue weighted by Gasteiger charge is 2.12. The molecule has 1 unspecified atom stereocenters. The van der Waals surface area contributed by atoms with E-state index in [-0.39, 0.29) is 31.3 Å². The third-order valence-corrected chi connectivity index (χ3v) is 9.27. The number of allylic oxidation sites excluding steroid dienone is 8. The summed E-state index contributed by atoms with van der Waals surface area (Å²) in [5.41, 5.74) is 0. The molecule has 2 N–H and O–H groups in total. The van der Waals surface area contributed by atoms with Crippen molar-refractivity contribution in [2.75, 3.05) is 13.2 Å². The van der Waals surface area contributed by atoms with E-state index in [1.807, 2.05) is 6.92 Å². The van der Waals surface area contributed by atoms with Crippen LogP contribution < -0.4 is 0 Å². The van der Waals surface area contributed by atoms with Crippen LogP contribution in [0.15, 0.2) is 48.6 Å². The number of esters is 2. The number of unbranched alkanes of at least 4 members (excludes halogenated alkanes) is 14. The number of carbonyl (C=O) groups is 2. The summed E-state index contributed by atoms with van der Waals surface area (Å²) in [4.78, 5) is 23.9. The van der Waals surface area contributed by atoms with Crippen LogP contribution in [-0.2, 0) is 19.1 Å². The molecule has 0 aromatic rings. The second-order valence-electron chi connectivity index (χ2n) is 14.1. The molecule has 0 fully saturated rings. The zero-order valence-corrected chi connectivity index (χ0v) is 32.7. The van der Waals surface area contributed by atoms with Crippen molar-refractivity contribution in [2.45, 2.75) is 200 Å². The van der Waals surface area contributed by atoms with Crippen molar-refractivity contribution in [3.8, 4) is 0 Å². The summed E-state index contributed by atoms with van der Waals surface area (Å²) in [6, 6.07) is 0. The molecule has 0 radical (unpaired) electrons. The molecule has 0 saturated carbocycles. The van der Waals surface area contributed by atoms with Gasteiger partial charge < -0.3 is 19.7 Å². The fourth-order valence-corrected chi connectivity index (χ4v) is 5.56. The minimum atomic E-state index is -0.995.